The molecule has 0 spiro atoms. The molecule has 0 aliphatic carbocycles. The van der Waals surface area contributed by atoms with Gasteiger partial charge < -0.3 is 4.90 Å². The molecule has 3 rings (SSSR count). The van der Waals surface area contributed by atoms with Crippen LogP contribution in [0.5, 0.6) is 0 Å². The van der Waals surface area contributed by atoms with Gasteiger partial charge in [0.1, 0.15) is 0 Å². The molecular formula is C14H11Cl2NS. The maximum Gasteiger partial charge on any atom is 0.0690 e. The van der Waals surface area contributed by atoms with Crippen LogP contribution in [0.15, 0.2) is 47.4 Å². The number of rotatable bonds is 1. The van der Waals surface area contributed by atoms with Gasteiger partial charge in [0.25, 0.3) is 0 Å². The summed E-state index contributed by atoms with van der Waals surface area (Å²) in [5.41, 5.74) is 2.43. The summed E-state index contributed by atoms with van der Waals surface area (Å²) in [6.45, 7) is 0.854. The van der Waals surface area contributed by atoms with Gasteiger partial charge in [0.15, 0.2) is 0 Å². The molecule has 0 saturated heterocycles. The molecule has 2 aromatic rings. The average molecular weight is 296 g/mol. The zero-order valence-electron chi connectivity index (χ0n) is 9.57. The third-order valence-corrected chi connectivity index (χ3v) is 4.77. The minimum Gasteiger partial charge on any atom is -0.358 e. The molecule has 1 heterocycles. The van der Waals surface area contributed by atoms with Crippen LogP contribution in [0, 0.1) is 0 Å². The monoisotopic (exact) mass is 295 g/mol. The second-order valence-corrected chi connectivity index (χ2v) is 5.98. The van der Waals surface area contributed by atoms with Gasteiger partial charge in [-0.1, -0.05) is 41.4 Å². The van der Waals surface area contributed by atoms with Crippen LogP contribution in [0.3, 0.4) is 0 Å². The summed E-state index contributed by atoms with van der Waals surface area (Å²) in [5.74, 6) is 0.915. The highest BCUT2D eigenvalue weighted by Crippen LogP contribution is 2.39. The number of halogens is 2. The van der Waals surface area contributed by atoms with Crippen molar-refractivity contribution in [1.82, 2.24) is 0 Å². The Morgan fingerprint density at radius 2 is 1.83 bits per heavy atom. The summed E-state index contributed by atoms with van der Waals surface area (Å²) in [5, 5.41) is 1.46. The highest BCUT2D eigenvalue weighted by Gasteiger charge is 2.19. The molecule has 0 aromatic heterocycles. The number of anilines is 1. The molecule has 0 saturated carbocycles. The van der Waals surface area contributed by atoms with Crippen molar-refractivity contribution in [1.29, 1.82) is 0 Å². The maximum absolute atomic E-state index is 6.22. The van der Waals surface area contributed by atoms with E-state index in [2.05, 4.69) is 29.2 Å². The van der Waals surface area contributed by atoms with Crippen LogP contribution in [0.4, 0.5) is 5.69 Å². The minimum absolute atomic E-state index is 0.703. The first-order chi connectivity index (χ1) is 8.74. The van der Waals surface area contributed by atoms with E-state index in [-0.39, 0.29) is 0 Å². The first kappa shape index (κ1) is 12.2. The first-order valence-electron chi connectivity index (χ1n) is 5.65. The van der Waals surface area contributed by atoms with Crippen LogP contribution in [0.25, 0.3) is 0 Å². The van der Waals surface area contributed by atoms with Crippen LogP contribution in [0.2, 0.25) is 10.0 Å². The number of hydrogen-bond donors (Lipinski definition) is 0. The van der Waals surface area contributed by atoms with E-state index in [1.165, 1.54) is 11.3 Å². The molecule has 0 amide bonds. The molecule has 18 heavy (non-hydrogen) atoms. The van der Waals surface area contributed by atoms with Crippen LogP contribution < -0.4 is 4.90 Å². The Labute approximate surface area is 121 Å². The first-order valence-corrected chi connectivity index (χ1v) is 7.39. The van der Waals surface area contributed by atoms with Gasteiger partial charge >= 0.3 is 0 Å². The van der Waals surface area contributed by atoms with Crippen molar-refractivity contribution in [2.75, 3.05) is 10.8 Å². The van der Waals surface area contributed by atoms with E-state index in [1.54, 1.807) is 11.8 Å². The standard InChI is InChI=1S/C14H11Cl2NS/c15-11-6-10-8-17(12-4-2-1-3-5-12)9-18-14(10)13(16)7-11/h1-7H,8-9H2. The van der Waals surface area contributed by atoms with Crippen molar-refractivity contribution in [2.24, 2.45) is 0 Å². The molecule has 1 aliphatic heterocycles. The van der Waals surface area contributed by atoms with E-state index in [9.17, 15) is 0 Å². The van der Waals surface area contributed by atoms with E-state index in [4.69, 9.17) is 23.2 Å². The van der Waals surface area contributed by atoms with Crippen molar-refractivity contribution in [3.05, 3.63) is 58.1 Å². The second kappa shape index (κ2) is 5.04. The summed E-state index contributed by atoms with van der Waals surface area (Å²) in [7, 11) is 0. The SMILES string of the molecule is Clc1cc(Cl)c2c(c1)CN(c1ccccc1)CS2. The van der Waals surface area contributed by atoms with Gasteiger partial charge in [-0.2, -0.15) is 0 Å². The Bertz CT molecular complexity index is 572. The minimum atomic E-state index is 0.703. The van der Waals surface area contributed by atoms with Crippen molar-refractivity contribution in [3.8, 4) is 0 Å². The van der Waals surface area contributed by atoms with Crippen molar-refractivity contribution < 1.29 is 0 Å². The van der Waals surface area contributed by atoms with Gasteiger partial charge in [0, 0.05) is 22.2 Å². The Morgan fingerprint density at radius 1 is 1.06 bits per heavy atom. The second-order valence-electron chi connectivity index (χ2n) is 4.18. The molecule has 1 aliphatic rings. The maximum atomic E-state index is 6.22. The number of para-hydroxylation sites is 1. The fourth-order valence-corrected chi connectivity index (χ4v) is 3.82. The highest BCUT2D eigenvalue weighted by molar-refractivity contribution is 7.99. The quantitative estimate of drug-likeness (QED) is 0.723. The molecule has 0 atom stereocenters. The molecule has 0 fully saturated rings. The molecule has 4 heteroatoms. The highest BCUT2D eigenvalue weighted by atomic mass is 35.5. The van der Waals surface area contributed by atoms with E-state index < -0.39 is 0 Å². The Morgan fingerprint density at radius 3 is 2.61 bits per heavy atom. The van der Waals surface area contributed by atoms with Gasteiger partial charge in [-0.3, -0.25) is 0 Å². The molecule has 1 nitrogen and oxygen atoms in total. The molecule has 0 bridgehead atoms. The Kier molecular flexibility index (Phi) is 3.42. The smallest absolute Gasteiger partial charge is 0.0690 e. The lowest BCUT2D eigenvalue weighted by Crippen LogP contribution is -2.25. The lowest BCUT2D eigenvalue weighted by molar-refractivity contribution is 0.866. The molecule has 2 aromatic carbocycles. The van der Waals surface area contributed by atoms with Gasteiger partial charge in [-0.15, -0.1) is 11.8 Å². The van der Waals surface area contributed by atoms with Crippen molar-refractivity contribution in [3.63, 3.8) is 0 Å². The third kappa shape index (κ3) is 2.33. The summed E-state index contributed by atoms with van der Waals surface area (Å²) in [4.78, 5) is 3.48. The Balaban J connectivity index is 1.94. The largest absolute Gasteiger partial charge is 0.358 e. The zero-order valence-corrected chi connectivity index (χ0v) is 11.9. The lowest BCUT2D eigenvalue weighted by Gasteiger charge is -2.30. The fourth-order valence-electron chi connectivity index (χ4n) is 2.09. The predicted octanol–water partition coefficient (Wildman–Crippen LogP) is 5.06. The third-order valence-electron chi connectivity index (χ3n) is 2.93. The fraction of sp³-hybridized carbons (Fsp3) is 0.143. The number of thioether (sulfide) groups is 1. The summed E-state index contributed by atoms with van der Waals surface area (Å²) >= 11 is 14.0. The van der Waals surface area contributed by atoms with Gasteiger partial charge in [-0.05, 0) is 29.8 Å². The number of fused-ring (bicyclic) bond motifs is 1. The van der Waals surface area contributed by atoms with E-state index in [1.807, 2.05) is 18.2 Å². The van der Waals surface area contributed by atoms with E-state index in [0.717, 1.165) is 22.3 Å². The zero-order chi connectivity index (χ0) is 12.5. The van der Waals surface area contributed by atoms with E-state index in [0.29, 0.717) is 5.02 Å². The van der Waals surface area contributed by atoms with Gasteiger partial charge in [-0.25, -0.2) is 0 Å². The van der Waals surface area contributed by atoms with Crippen LogP contribution >= 0.6 is 35.0 Å². The summed E-state index contributed by atoms with van der Waals surface area (Å²) < 4.78 is 0. The van der Waals surface area contributed by atoms with Crippen molar-refractivity contribution in [2.45, 2.75) is 11.4 Å². The Hall–Kier alpha value is -0.830. The number of benzene rings is 2. The number of hydrogen-bond acceptors (Lipinski definition) is 2. The normalized spacial score (nSPS) is 14.4. The van der Waals surface area contributed by atoms with Crippen LogP contribution in [0.1, 0.15) is 5.56 Å². The molecule has 0 unspecified atom stereocenters. The molecule has 0 radical (unpaired) electrons. The van der Waals surface area contributed by atoms with Gasteiger partial charge in [0.2, 0.25) is 0 Å². The van der Waals surface area contributed by atoms with Crippen LogP contribution in [-0.4, -0.2) is 5.88 Å². The average Bonchev–Trinajstić information content (AvgIpc) is 2.39. The van der Waals surface area contributed by atoms with Crippen LogP contribution in [-0.2, 0) is 6.54 Å². The lowest BCUT2D eigenvalue weighted by atomic mass is 10.2. The molecular weight excluding hydrogens is 285 g/mol. The molecule has 92 valence electrons. The van der Waals surface area contributed by atoms with E-state index >= 15 is 0 Å². The predicted molar refractivity (Wildman–Crippen MR) is 79.8 cm³/mol. The number of nitrogens with zero attached hydrogens (tertiary/aromatic N) is 1. The van der Waals surface area contributed by atoms with Gasteiger partial charge in [0.05, 0.1) is 10.9 Å². The summed E-state index contributed by atoms with van der Waals surface area (Å²) in [6, 6.07) is 14.2. The summed E-state index contributed by atoms with van der Waals surface area (Å²) in [6.07, 6.45) is 0. The van der Waals surface area contributed by atoms with Crippen molar-refractivity contribution >= 4 is 40.7 Å². The topological polar surface area (TPSA) is 3.24 Å². The molecule has 0 N–H and O–H groups in total.